The molecule has 0 saturated heterocycles. The summed E-state index contributed by atoms with van der Waals surface area (Å²) in [5.41, 5.74) is 2.10. The highest BCUT2D eigenvalue weighted by Gasteiger charge is 2.16. The van der Waals surface area contributed by atoms with Gasteiger partial charge in [0, 0.05) is 18.3 Å². The highest BCUT2D eigenvalue weighted by atomic mass is 35.5. The summed E-state index contributed by atoms with van der Waals surface area (Å²) in [5, 5.41) is 7.16. The van der Waals surface area contributed by atoms with Gasteiger partial charge >= 0.3 is 5.97 Å². The number of nitrogens with zero attached hydrogens (tertiary/aromatic N) is 2. The Balaban J connectivity index is 2.22. The van der Waals surface area contributed by atoms with Crippen molar-refractivity contribution in [2.24, 2.45) is 7.05 Å². The molecule has 1 N–H and O–H groups in total. The van der Waals surface area contributed by atoms with Crippen molar-refractivity contribution in [3.63, 3.8) is 0 Å². The van der Waals surface area contributed by atoms with E-state index in [0.29, 0.717) is 10.7 Å². The van der Waals surface area contributed by atoms with Crippen molar-refractivity contribution in [3.05, 3.63) is 46.2 Å². The average molecular weight is 322 g/mol. The molecule has 0 aliphatic heterocycles. The lowest BCUT2D eigenvalue weighted by Gasteiger charge is -2.11. The number of methoxy groups -OCH3 is 1. The summed E-state index contributed by atoms with van der Waals surface area (Å²) in [5.74, 6) is -0.797. The Morgan fingerprint density at radius 1 is 1.41 bits per heavy atom. The minimum atomic E-state index is -0.531. The predicted octanol–water partition coefficient (Wildman–Crippen LogP) is 2.35. The second-order valence-electron chi connectivity index (χ2n) is 4.89. The van der Waals surface area contributed by atoms with Crippen molar-refractivity contribution in [2.75, 3.05) is 12.4 Å². The number of hydrogen-bond donors (Lipinski definition) is 1. The van der Waals surface area contributed by atoms with Crippen molar-refractivity contribution < 1.29 is 14.3 Å². The van der Waals surface area contributed by atoms with Crippen molar-refractivity contribution in [3.8, 4) is 0 Å². The normalized spacial score (nSPS) is 10.4. The first-order valence-corrected chi connectivity index (χ1v) is 6.94. The molecule has 22 heavy (non-hydrogen) atoms. The first-order valence-electron chi connectivity index (χ1n) is 6.56. The van der Waals surface area contributed by atoms with Gasteiger partial charge in [-0.25, -0.2) is 4.79 Å². The monoisotopic (exact) mass is 321 g/mol. The number of ether oxygens (including phenoxy) is 1. The van der Waals surface area contributed by atoms with Gasteiger partial charge in [-0.1, -0.05) is 11.6 Å². The van der Waals surface area contributed by atoms with Crippen LogP contribution in [0.2, 0.25) is 5.02 Å². The summed E-state index contributed by atoms with van der Waals surface area (Å²) in [6.45, 7) is 1.77. The van der Waals surface area contributed by atoms with E-state index in [1.807, 2.05) is 0 Å². The molecule has 0 bridgehead atoms. The van der Waals surface area contributed by atoms with Crippen LogP contribution >= 0.6 is 11.6 Å². The van der Waals surface area contributed by atoms with Crippen LogP contribution in [-0.2, 0) is 23.0 Å². The van der Waals surface area contributed by atoms with E-state index in [4.69, 9.17) is 16.3 Å². The number of benzene rings is 1. The van der Waals surface area contributed by atoms with Gasteiger partial charge in [-0.2, -0.15) is 5.10 Å². The molecule has 2 rings (SSSR count). The average Bonchev–Trinajstić information content (AvgIpc) is 2.86. The molecule has 0 fully saturated rings. The largest absolute Gasteiger partial charge is 0.465 e. The molecule has 2 aromatic rings. The third-order valence-electron chi connectivity index (χ3n) is 3.10. The summed E-state index contributed by atoms with van der Waals surface area (Å²) in [6, 6.07) is 3.14. The molecule has 0 atom stereocenters. The predicted molar refractivity (Wildman–Crippen MR) is 83.1 cm³/mol. The molecule has 0 spiro atoms. The van der Waals surface area contributed by atoms with Crippen LogP contribution in [0, 0.1) is 6.92 Å². The third kappa shape index (κ3) is 3.65. The molecule has 0 unspecified atom stereocenters. The molecule has 0 aliphatic carbocycles. The summed E-state index contributed by atoms with van der Waals surface area (Å²) < 4.78 is 6.34. The van der Waals surface area contributed by atoms with Gasteiger partial charge in [-0.05, 0) is 30.2 Å². The molecule has 0 saturated carbocycles. The molecule has 1 aromatic carbocycles. The van der Waals surface area contributed by atoms with E-state index in [-0.39, 0.29) is 17.9 Å². The number of nitrogens with one attached hydrogen (secondary N) is 1. The number of aromatic nitrogens is 2. The van der Waals surface area contributed by atoms with Crippen LogP contribution in [0.1, 0.15) is 21.5 Å². The zero-order valence-corrected chi connectivity index (χ0v) is 13.3. The van der Waals surface area contributed by atoms with Gasteiger partial charge in [0.05, 0.1) is 31.0 Å². The second kappa shape index (κ2) is 6.62. The second-order valence-corrected chi connectivity index (χ2v) is 5.29. The zero-order valence-electron chi connectivity index (χ0n) is 12.5. The topological polar surface area (TPSA) is 73.2 Å². The minimum Gasteiger partial charge on any atom is -0.465 e. The molecule has 7 heteroatoms. The summed E-state index contributed by atoms with van der Waals surface area (Å²) in [6.07, 6.45) is 3.52. The van der Waals surface area contributed by atoms with Gasteiger partial charge in [0.2, 0.25) is 5.91 Å². The first kappa shape index (κ1) is 16.0. The van der Waals surface area contributed by atoms with E-state index in [1.165, 1.54) is 7.11 Å². The van der Waals surface area contributed by atoms with Crippen molar-refractivity contribution in [1.29, 1.82) is 0 Å². The lowest BCUT2D eigenvalue weighted by molar-refractivity contribution is -0.115. The van der Waals surface area contributed by atoms with Gasteiger partial charge in [0.1, 0.15) is 0 Å². The van der Waals surface area contributed by atoms with E-state index < -0.39 is 5.97 Å². The fraction of sp³-hybridized carbons (Fsp3) is 0.267. The molecule has 0 radical (unpaired) electrons. The van der Waals surface area contributed by atoms with Crippen LogP contribution in [-0.4, -0.2) is 28.8 Å². The number of aryl methyl sites for hydroxylation is 2. The lowest BCUT2D eigenvalue weighted by Crippen LogP contribution is -2.17. The fourth-order valence-electron chi connectivity index (χ4n) is 2.01. The minimum absolute atomic E-state index is 0.153. The molecular weight excluding hydrogens is 306 g/mol. The third-order valence-corrected chi connectivity index (χ3v) is 3.51. The Morgan fingerprint density at radius 3 is 2.73 bits per heavy atom. The molecule has 6 nitrogen and oxygen atoms in total. The highest BCUT2D eigenvalue weighted by Crippen LogP contribution is 2.26. The highest BCUT2D eigenvalue weighted by molar-refractivity contribution is 6.32. The molecule has 116 valence electrons. The van der Waals surface area contributed by atoms with Crippen LogP contribution in [0.4, 0.5) is 5.69 Å². The molecule has 0 aliphatic rings. The number of halogens is 1. The Bertz CT molecular complexity index is 725. The molecular formula is C15H16ClN3O3. The number of hydrogen-bond acceptors (Lipinski definition) is 4. The smallest absolute Gasteiger partial charge is 0.339 e. The maximum absolute atomic E-state index is 12.1. The van der Waals surface area contributed by atoms with Gasteiger partial charge < -0.3 is 10.1 Å². The maximum atomic E-state index is 12.1. The Kier molecular flexibility index (Phi) is 4.82. The zero-order chi connectivity index (χ0) is 16.3. The SMILES string of the molecule is COC(=O)c1cc(C)c(Cl)cc1NC(=O)Cc1cnn(C)c1. The van der Waals surface area contributed by atoms with Gasteiger partial charge in [-0.3, -0.25) is 9.48 Å². The van der Waals surface area contributed by atoms with Gasteiger partial charge in [0.25, 0.3) is 0 Å². The fourth-order valence-corrected chi connectivity index (χ4v) is 2.17. The van der Waals surface area contributed by atoms with E-state index in [9.17, 15) is 9.59 Å². The number of amides is 1. The van der Waals surface area contributed by atoms with Crippen molar-refractivity contribution in [1.82, 2.24) is 9.78 Å². The van der Waals surface area contributed by atoms with Crippen LogP contribution in [0.3, 0.4) is 0 Å². The van der Waals surface area contributed by atoms with Crippen molar-refractivity contribution >= 4 is 29.2 Å². The number of carbonyl (C=O) groups excluding carboxylic acids is 2. The van der Waals surface area contributed by atoms with Crippen molar-refractivity contribution in [2.45, 2.75) is 13.3 Å². The maximum Gasteiger partial charge on any atom is 0.339 e. The lowest BCUT2D eigenvalue weighted by atomic mass is 10.1. The first-order chi connectivity index (χ1) is 10.4. The molecule has 1 amide bonds. The quantitative estimate of drug-likeness (QED) is 0.877. The van der Waals surface area contributed by atoms with Gasteiger partial charge in [0.15, 0.2) is 0 Å². The molecule has 1 heterocycles. The Hall–Kier alpha value is -2.34. The summed E-state index contributed by atoms with van der Waals surface area (Å²) >= 11 is 6.06. The van der Waals surface area contributed by atoms with Crippen LogP contribution in [0.25, 0.3) is 0 Å². The Labute approximate surface area is 133 Å². The number of carbonyl (C=O) groups is 2. The van der Waals surface area contributed by atoms with E-state index in [0.717, 1.165) is 11.1 Å². The summed E-state index contributed by atoms with van der Waals surface area (Å²) in [7, 11) is 3.06. The van der Waals surface area contributed by atoms with Crippen LogP contribution < -0.4 is 5.32 Å². The van der Waals surface area contributed by atoms with E-state index in [1.54, 1.807) is 43.2 Å². The number of anilines is 1. The van der Waals surface area contributed by atoms with Gasteiger partial charge in [-0.15, -0.1) is 0 Å². The number of esters is 1. The van der Waals surface area contributed by atoms with Crippen LogP contribution in [0.15, 0.2) is 24.5 Å². The van der Waals surface area contributed by atoms with Crippen LogP contribution in [0.5, 0.6) is 0 Å². The standard InChI is InChI=1S/C15H16ClN3O3/c1-9-4-11(15(21)22-3)13(6-12(9)16)18-14(20)5-10-7-17-19(2)8-10/h4,6-8H,5H2,1-3H3,(H,18,20). The Morgan fingerprint density at radius 2 is 2.14 bits per heavy atom. The molecule has 1 aromatic heterocycles. The number of rotatable bonds is 4. The van der Waals surface area contributed by atoms with E-state index in [2.05, 4.69) is 10.4 Å². The van der Waals surface area contributed by atoms with E-state index >= 15 is 0 Å². The summed E-state index contributed by atoms with van der Waals surface area (Å²) in [4.78, 5) is 23.9.